The molecule has 3 heteroatoms. The molecule has 0 N–H and O–H groups in total. The minimum Gasteiger partial charge on any atom is -0.434 e. The Kier molecular flexibility index (Phi) is 5.22. The largest absolute Gasteiger partial charge is 0.513 e. The minimum absolute atomic E-state index is 0.363. The fourth-order valence-electron chi connectivity index (χ4n) is 3.20. The quantitative estimate of drug-likeness (QED) is 0.323. The second kappa shape index (κ2) is 7.56. The van der Waals surface area contributed by atoms with Crippen LogP contribution in [0.3, 0.4) is 0 Å². The molecule has 0 saturated heterocycles. The normalized spacial score (nSPS) is 11.0. The van der Waals surface area contributed by atoms with Crippen molar-refractivity contribution in [2.24, 2.45) is 0 Å². The van der Waals surface area contributed by atoms with Crippen molar-refractivity contribution in [1.29, 1.82) is 0 Å². The Morgan fingerprint density at radius 3 is 2.48 bits per heavy atom. The van der Waals surface area contributed by atoms with Crippen LogP contribution in [0.2, 0.25) is 0 Å². The summed E-state index contributed by atoms with van der Waals surface area (Å²) >= 11 is 0. The molecule has 0 aliphatic carbocycles. The Morgan fingerprint density at radius 2 is 1.76 bits per heavy atom. The van der Waals surface area contributed by atoms with Crippen molar-refractivity contribution in [2.45, 2.75) is 40.0 Å². The van der Waals surface area contributed by atoms with Crippen molar-refractivity contribution < 1.29 is 14.3 Å². The van der Waals surface area contributed by atoms with E-state index in [0.717, 1.165) is 40.8 Å². The summed E-state index contributed by atoms with van der Waals surface area (Å²) in [4.78, 5) is 12.1. The summed E-state index contributed by atoms with van der Waals surface area (Å²) in [6, 6.07) is 14.6. The summed E-state index contributed by atoms with van der Waals surface area (Å²) in [7, 11) is 0. The van der Waals surface area contributed by atoms with Gasteiger partial charge in [0.2, 0.25) is 0 Å². The molecule has 0 aliphatic rings. The zero-order chi connectivity index (χ0) is 17.8. The first-order valence-electron chi connectivity index (χ1n) is 8.99. The molecular formula is C22H24O3. The summed E-state index contributed by atoms with van der Waals surface area (Å²) in [6.45, 7) is 6.61. The van der Waals surface area contributed by atoms with E-state index in [0.29, 0.717) is 12.4 Å². The predicted molar refractivity (Wildman–Crippen MR) is 102 cm³/mol. The van der Waals surface area contributed by atoms with E-state index in [2.05, 4.69) is 32.0 Å². The van der Waals surface area contributed by atoms with Gasteiger partial charge in [0.25, 0.3) is 0 Å². The third kappa shape index (κ3) is 3.46. The maximum Gasteiger partial charge on any atom is 0.513 e. The molecule has 0 aromatic heterocycles. The molecule has 3 rings (SSSR count). The Hall–Kier alpha value is -2.55. The zero-order valence-electron chi connectivity index (χ0n) is 15.1. The van der Waals surface area contributed by atoms with E-state index >= 15 is 0 Å². The van der Waals surface area contributed by atoms with Crippen molar-refractivity contribution in [3.63, 3.8) is 0 Å². The maximum absolute atomic E-state index is 12.1. The molecule has 0 unspecified atom stereocenters. The molecule has 0 heterocycles. The third-order valence-corrected chi connectivity index (χ3v) is 4.45. The van der Waals surface area contributed by atoms with Gasteiger partial charge in [0.15, 0.2) is 0 Å². The molecule has 0 atom stereocenters. The molecular weight excluding hydrogens is 312 g/mol. The topological polar surface area (TPSA) is 35.5 Å². The average Bonchev–Trinajstić information content (AvgIpc) is 2.64. The standard InChI is InChI=1S/C22H24O3/c1-4-11-24-22(23)25-21-19-10-8-7-9-17(19)14-18-13-15(5-2)12-16(6-3)20(18)21/h7-10,12-14H,4-6,11H2,1-3H3. The fraction of sp³-hybridized carbons (Fsp3) is 0.318. The highest BCUT2D eigenvalue weighted by molar-refractivity contribution is 6.07. The monoisotopic (exact) mass is 336 g/mol. The van der Waals surface area contributed by atoms with Gasteiger partial charge in [-0.2, -0.15) is 0 Å². The molecule has 0 spiro atoms. The summed E-state index contributed by atoms with van der Waals surface area (Å²) in [6.07, 6.45) is 1.99. The molecule has 3 aromatic rings. The molecule has 0 radical (unpaired) electrons. The van der Waals surface area contributed by atoms with E-state index < -0.39 is 6.16 Å². The van der Waals surface area contributed by atoms with Crippen LogP contribution in [0.5, 0.6) is 5.75 Å². The van der Waals surface area contributed by atoms with E-state index in [1.807, 2.05) is 31.2 Å². The number of rotatable bonds is 5. The van der Waals surface area contributed by atoms with Gasteiger partial charge in [0, 0.05) is 10.8 Å². The van der Waals surface area contributed by atoms with Gasteiger partial charge in [-0.25, -0.2) is 4.79 Å². The molecule has 0 saturated carbocycles. The smallest absolute Gasteiger partial charge is 0.434 e. The molecule has 0 amide bonds. The van der Waals surface area contributed by atoms with Gasteiger partial charge in [-0.15, -0.1) is 0 Å². The molecule has 0 bridgehead atoms. The van der Waals surface area contributed by atoms with Crippen molar-refractivity contribution in [3.8, 4) is 5.75 Å². The van der Waals surface area contributed by atoms with Crippen molar-refractivity contribution in [2.75, 3.05) is 6.61 Å². The van der Waals surface area contributed by atoms with Gasteiger partial charge in [-0.05, 0) is 47.2 Å². The van der Waals surface area contributed by atoms with Crippen LogP contribution in [0.1, 0.15) is 38.3 Å². The van der Waals surface area contributed by atoms with E-state index in [9.17, 15) is 4.79 Å². The van der Waals surface area contributed by atoms with Crippen LogP contribution in [0.25, 0.3) is 21.5 Å². The van der Waals surface area contributed by atoms with Gasteiger partial charge in [-0.3, -0.25) is 0 Å². The Bertz CT molecular complexity index is 912. The predicted octanol–water partition coefficient (Wildman–Crippen LogP) is 6.04. The third-order valence-electron chi connectivity index (χ3n) is 4.45. The average molecular weight is 336 g/mol. The molecule has 25 heavy (non-hydrogen) atoms. The number of hydrogen-bond acceptors (Lipinski definition) is 3. The number of carbonyl (C=O) groups is 1. The number of aryl methyl sites for hydroxylation is 2. The summed E-state index contributed by atoms with van der Waals surface area (Å²) in [5.41, 5.74) is 2.48. The summed E-state index contributed by atoms with van der Waals surface area (Å²) in [5, 5.41) is 4.10. The van der Waals surface area contributed by atoms with Gasteiger partial charge >= 0.3 is 6.16 Å². The highest BCUT2D eigenvalue weighted by Gasteiger charge is 2.16. The highest BCUT2D eigenvalue weighted by atomic mass is 16.7. The molecule has 3 nitrogen and oxygen atoms in total. The van der Waals surface area contributed by atoms with E-state index in [-0.39, 0.29) is 0 Å². The first kappa shape index (κ1) is 17.3. The van der Waals surface area contributed by atoms with E-state index in [1.54, 1.807) is 0 Å². The molecule has 0 aliphatic heterocycles. The second-order valence-electron chi connectivity index (χ2n) is 6.19. The van der Waals surface area contributed by atoms with Gasteiger partial charge in [0.05, 0.1) is 6.61 Å². The lowest BCUT2D eigenvalue weighted by atomic mass is 9.94. The van der Waals surface area contributed by atoms with Gasteiger partial charge in [-0.1, -0.05) is 57.2 Å². The number of fused-ring (bicyclic) bond motifs is 2. The Morgan fingerprint density at radius 1 is 0.960 bits per heavy atom. The Balaban J connectivity index is 2.26. The Labute approximate surface area is 148 Å². The summed E-state index contributed by atoms with van der Waals surface area (Å²) in [5.74, 6) is 0.605. The van der Waals surface area contributed by atoms with Crippen molar-refractivity contribution in [3.05, 3.63) is 53.6 Å². The number of hydrogen-bond donors (Lipinski definition) is 0. The maximum atomic E-state index is 12.1. The van der Waals surface area contributed by atoms with Crippen LogP contribution in [0, 0.1) is 0 Å². The van der Waals surface area contributed by atoms with Crippen LogP contribution >= 0.6 is 0 Å². The van der Waals surface area contributed by atoms with Gasteiger partial charge in [0.1, 0.15) is 5.75 Å². The minimum atomic E-state index is -0.638. The van der Waals surface area contributed by atoms with Crippen LogP contribution < -0.4 is 4.74 Å². The van der Waals surface area contributed by atoms with E-state index in [1.165, 1.54) is 11.1 Å². The van der Waals surface area contributed by atoms with Crippen LogP contribution in [-0.2, 0) is 17.6 Å². The number of ether oxygens (including phenoxy) is 2. The summed E-state index contributed by atoms with van der Waals surface area (Å²) < 4.78 is 10.8. The number of carbonyl (C=O) groups excluding carboxylic acids is 1. The lowest BCUT2D eigenvalue weighted by Crippen LogP contribution is -2.12. The lowest BCUT2D eigenvalue weighted by molar-refractivity contribution is 0.100. The van der Waals surface area contributed by atoms with Crippen molar-refractivity contribution >= 4 is 27.7 Å². The van der Waals surface area contributed by atoms with Gasteiger partial charge < -0.3 is 9.47 Å². The van der Waals surface area contributed by atoms with Crippen LogP contribution in [-0.4, -0.2) is 12.8 Å². The number of benzene rings is 3. The second-order valence-corrected chi connectivity index (χ2v) is 6.19. The first-order valence-corrected chi connectivity index (χ1v) is 8.99. The molecule has 130 valence electrons. The lowest BCUT2D eigenvalue weighted by Gasteiger charge is -2.15. The zero-order valence-corrected chi connectivity index (χ0v) is 15.1. The van der Waals surface area contributed by atoms with Crippen molar-refractivity contribution in [1.82, 2.24) is 0 Å². The van der Waals surface area contributed by atoms with Crippen LogP contribution in [0.15, 0.2) is 42.5 Å². The SMILES string of the molecule is CCCOC(=O)Oc1c2ccccc2cc2cc(CC)cc(CC)c12. The van der Waals surface area contributed by atoms with Crippen LogP contribution in [0.4, 0.5) is 4.79 Å². The fourth-order valence-corrected chi connectivity index (χ4v) is 3.20. The first-order chi connectivity index (χ1) is 12.2. The van der Waals surface area contributed by atoms with E-state index in [4.69, 9.17) is 9.47 Å². The molecule has 3 aromatic carbocycles. The highest BCUT2D eigenvalue weighted by Crippen LogP contribution is 2.38. The molecule has 0 fully saturated rings.